The molecule has 0 fully saturated rings. The lowest BCUT2D eigenvalue weighted by Gasteiger charge is -2.19. The number of esters is 2. The Morgan fingerprint density at radius 2 is 0.559 bits per heavy atom. The summed E-state index contributed by atoms with van der Waals surface area (Å²) >= 11 is 0. The molecule has 0 heterocycles. The van der Waals surface area contributed by atoms with E-state index in [1.807, 2.05) is 0 Å². The topological polar surface area (TPSA) is 134 Å². The molecule has 0 rings (SSSR count). The molecule has 0 aromatic rings. The number of unbranched alkanes of at least 4 members (excludes halogenated alkanes) is 25. The Balaban J connectivity index is 3.93. The Bertz CT molecular complexity index is 2180. The van der Waals surface area contributed by atoms with Gasteiger partial charge < -0.3 is 20.1 Å². The van der Waals surface area contributed by atoms with Crippen molar-refractivity contribution in [3.05, 3.63) is 182 Å². The van der Waals surface area contributed by atoms with Gasteiger partial charge in [0.25, 0.3) is 0 Å². The Morgan fingerprint density at radius 3 is 0.828 bits per heavy atom. The molecule has 0 saturated carbocycles. The molecular formula is C83H136NO8P. The van der Waals surface area contributed by atoms with Gasteiger partial charge in [0.15, 0.2) is 6.10 Å². The number of carbonyl (C=O) groups excluding carboxylic acids is 2. The lowest BCUT2D eigenvalue weighted by Crippen LogP contribution is -2.29. The molecule has 2 atom stereocenters. The maximum atomic E-state index is 12.8. The van der Waals surface area contributed by atoms with E-state index in [2.05, 4.69) is 196 Å². The van der Waals surface area contributed by atoms with E-state index in [-0.39, 0.29) is 38.6 Å². The van der Waals surface area contributed by atoms with Crippen molar-refractivity contribution in [3.63, 3.8) is 0 Å². The van der Waals surface area contributed by atoms with E-state index in [0.717, 1.165) is 141 Å². The molecule has 0 spiro atoms. The van der Waals surface area contributed by atoms with Gasteiger partial charge in [-0.2, -0.15) is 0 Å². The summed E-state index contributed by atoms with van der Waals surface area (Å²) in [5.74, 6) is -0.836. The van der Waals surface area contributed by atoms with Crippen molar-refractivity contribution in [1.82, 2.24) is 0 Å². The average molecular weight is 1310 g/mol. The normalized spacial score (nSPS) is 14.0. The van der Waals surface area contributed by atoms with Gasteiger partial charge in [-0.1, -0.05) is 331 Å². The van der Waals surface area contributed by atoms with Crippen LogP contribution in [0.1, 0.15) is 296 Å². The Labute approximate surface area is 571 Å². The van der Waals surface area contributed by atoms with Crippen molar-refractivity contribution < 1.29 is 37.6 Å². The van der Waals surface area contributed by atoms with Crippen LogP contribution in [0.5, 0.6) is 0 Å². The fraction of sp³-hybridized carbons (Fsp3) is 0.614. The van der Waals surface area contributed by atoms with Gasteiger partial charge >= 0.3 is 19.8 Å². The summed E-state index contributed by atoms with van der Waals surface area (Å²) in [5, 5.41) is 0. The van der Waals surface area contributed by atoms with Crippen molar-refractivity contribution >= 4 is 19.8 Å². The van der Waals surface area contributed by atoms with Crippen LogP contribution in [0, 0.1) is 0 Å². The highest BCUT2D eigenvalue weighted by atomic mass is 31.2. The molecular weight excluding hydrogens is 1170 g/mol. The fourth-order valence-electron chi connectivity index (χ4n) is 9.87. The zero-order chi connectivity index (χ0) is 67.2. The van der Waals surface area contributed by atoms with Gasteiger partial charge in [-0.05, 0) is 135 Å². The van der Waals surface area contributed by atoms with Gasteiger partial charge in [0.1, 0.15) is 6.61 Å². The lowest BCUT2D eigenvalue weighted by molar-refractivity contribution is -0.161. The first-order chi connectivity index (χ1) is 45.8. The van der Waals surface area contributed by atoms with Gasteiger partial charge in [0.05, 0.1) is 13.2 Å². The Kier molecular flexibility index (Phi) is 72.1. The summed E-state index contributed by atoms with van der Waals surface area (Å²) in [6.07, 6.45) is 114. The number of phosphoric ester groups is 1. The third-order valence-corrected chi connectivity index (χ3v) is 16.3. The number of ether oxygens (including phenoxy) is 2. The number of rotatable bonds is 68. The summed E-state index contributed by atoms with van der Waals surface area (Å²) in [6, 6.07) is 0. The molecule has 3 N–H and O–H groups in total. The third kappa shape index (κ3) is 76.0. The summed E-state index contributed by atoms with van der Waals surface area (Å²) < 4.78 is 33.2. The molecule has 0 aliphatic rings. The Hall–Kier alpha value is -4.89. The smallest absolute Gasteiger partial charge is 0.462 e. The lowest BCUT2D eigenvalue weighted by atomic mass is 10.0. The standard InChI is InChI=1S/C83H136NO8P/c1-3-5-7-9-11-13-15-17-19-21-23-25-27-29-31-33-35-37-38-39-40-41-42-44-46-48-50-52-54-56-58-60-62-64-66-68-70-72-74-76-83(86)92-81(80-91-93(87,88)90-78-77-84)79-89-82(85)75-73-71-69-67-65-63-61-59-57-55-53-51-49-47-45-43-36-34-32-30-28-26-24-22-20-18-16-14-12-10-8-6-4-2/h5-8,11-14,17-20,23-26,29-32,35-37,39-40,42-44,48,50,81H,3-4,9-10,15-16,21-22,27-28,33-34,38,41,45-47,49,51-80,84H2,1-2H3,(H,87,88)/b7-5-,8-6-,13-11-,14-12-,19-17-,20-18-,25-23-,26-24-,31-29-,32-30-,37-35-,40-39-,43-36-,44-42-,50-48-. The first-order valence-corrected chi connectivity index (χ1v) is 38.8. The molecule has 10 heteroatoms. The highest BCUT2D eigenvalue weighted by Crippen LogP contribution is 2.43. The average Bonchev–Trinajstić information content (AvgIpc) is 3.60. The second kappa shape index (κ2) is 76.1. The second-order valence-corrected chi connectivity index (χ2v) is 25.5. The number of hydrogen-bond acceptors (Lipinski definition) is 8. The predicted molar refractivity (Wildman–Crippen MR) is 403 cm³/mol. The van der Waals surface area contributed by atoms with Gasteiger partial charge in [-0.15, -0.1) is 0 Å². The molecule has 0 aromatic carbocycles. The van der Waals surface area contributed by atoms with E-state index in [1.165, 1.54) is 122 Å². The first-order valence-electron chi connectivity index (χ1n) is 37.3. The van der Waals surface area contributed by atoms with Crippen molar-refractivity contribution in [1.29, 1.82) is 0 Å². The number of phosphoric acid groups is 1. The van der Waals surface area contributed by atoms with Gasteiger partial charge in [0, 0.05) is 19.4 Å². The van der Waals surface area contributed by atoms with Gasteiger partial charge in [-0.25, -0.2) is 4.57 Å². The van der Waals surface area contributed by atoms with E-state index < -0.39 is 26.5 Å². The van der Waals surface area contributed by atoms with Crippen LogP contribution in [0.2, 0.25) is 0 Å². The van der Waals surface area contributed by atoms with Crippen LogP contribution in [-0.4, -0.2) is 49.3 Å². The summed E-state index contributed by atoms with van der Waals surface area (Å²) in [4.78, 5) is 35.4. The zero-order valence-corrected chi connectivity index (χ0v) is 60.1. The molecule has 0 amide bonds. The number of allylic oxidation sites excluding steroid dienone is 30. The summed E-state index contributed by atoms with van der Waals surface area (Å²) in [7, 11) is -4.41. The first kappa shape index (κ1) is 88.1. The van der Waals surface area contributed by atoms with Crippen molar-refractivity contribution in [2.45, 2.75) is 302 Å². The van der Waals surface area contributed by atoms with Crippen LogP contribution in [0.15, 0.2) is 182 Å². The van der Waals surface area contributed by atoms with Crippen LogP contribution < -0.4 is 5.73 Å². The van der Waals surface area contributed by atoms with E-state index >= 15 is 0 Å². The SMILES string of the molecule is CC/C=C\C/C=C\C/C=C\C/C=C\C/C=C\C/C=C\C/C=C\C/C=C\C/C=C\CCCCCCCCCCCCCC(=O)OC(COC(=O)CCCCCCCCCCCCCCCC/C=C\C/C=C\C/C=C\C/C=C\C/C=C\C/C=C\CC)COP(=O)(O)OCCN. The molecule has 0 aliphatic carbocycles. The van der Waals surface area contributed by atoms with Crippen molar-refractivity contribution in [2.24, 2.45) is 5.73 Å². The van der Waals surface area contributed by atoms with Crippen LogP contribution in [0.3, 0.4) is 0 Å². The van der Waals surface area contributed by atoms with E-state index in [9.17, 15) is 19.0 Å². The van der Waals surface area contributed by atoms with Crippen LogP contribution in [0.25, 0.3) is 0 Å². The maximum Gasteiger partial charge on any atom is 0.472 e. The minimum Gasteiger partial charge on any atom is -0.462 e. The monoisotopic (exact) mass is 1310 g/mol. The zero-order valence-electron chi connectivity index (χ0n) is 59.2. The molecule has 93 heavy (non-hydrogen) atoms. The molecule has 0 radical (unpaired) electrons. The van der Waals surface area contributed by atoms with E-state index in [0.29, 0.717) is 6.42 Å². The summed E-state index contributed by atoms with van der Waals surface area (Å²) in [5.41, 5.74) is 5.41. The molecule has 2 unspecified atom stereocenters. The van der Waals surface area contributed by atoms with Crippen molar-refractivity contribution in [3.8, 4) is 0 Å². The number of hydrogen-bond donors (Lipinski definition) is 2. The largest absolute Gasteiger partial charge is 0.472 e. The molecule has 0 bridgehead atoms. The highest BCUT2D eigenvalue weighted by Gasteiger charge is 2.26. The van der Waals surface area contributed by atoms with Crippen LogP contribution in [0.4, 0.5) is 0 Å². The predicted octanol–water partition coefficient (Wildman–Crippen LogP) is 25.1. The summed E-state index contributed by atoms with van der Waals surface area (Å²) in [6.45, 7) is 3.52. The van der Waals surface area contributed by atoms with Gasteiger partial charge in [-0.3, -0.25) is 18.6 Å². The molecule has 0 aliphatic heterocycles. The van der Waals surface area contributed by atoms with Crippen molar-refractivity contribution in [2.75, 3.05) is 26.4 Å². The molecule has 526 valence electrons. The molecule has 9 nitrogen and oxygen atoms in total. The quantitative estimate of drug-likeness (QED) is 0.0264. The third-order valence-electron chi connectivity index (χ3n) is 15.3. The second-order valence-electron chi connectivity index (χ2n) is 24.0. The molecule has 0 saturated heterocycles. The maximum absolute atomic E-state index is 12.8. The number of carbonyl (C=O) groups is 2. The van der Waals surface area contributed by atoms with Gasteiger partial charge in [0.2, 0.25) is 0 Å². The fourth-order valence-corrected chi connectivity index (χ4v) is 10.6. The number of nitrogens with two attached hydrogens (primary N) is 1. The van der Waals surface area contributed by atoms with E-state index in [1.54, 1.807) is 0 Å². The van der Waals surface area contributed by atoms with Crippen LogP contribution in [-0.2, 0) is 32.7 Å². The molecule has 0 aromatic heterocycles. The highest BCUT2D eigenvalue weighted by molar-refractivity contribution is 7.47. The van der Waals surface area contributed by atoms with E-state index in [4.69, 9.17) is 24.3 Å². The Morgan fingerprint density at radius 1 is 0.323 bits per heavy atom. The minimum atomic E-state index is -4.41. The van der Waals surface area contributed by atoms with Crippen LogP contribution >= 0.6 is 7.82 Å². The minimum absolute atomic E-state index is 0.0454.